The normalized spacial score (nSPS) is 16.7. The average molecular weight is 603 g/mol. The summed E-state index contributed by atoms with van der Waals surface area (Å²) in [5.74, 6) is -0.491. The van der Waals surface area contributed by atoms with Crippen LogP contribution in [-0.4, -0.2) is 56.4 Å². The number of hydrogen-bond acceptors (Lipinski definition) is 6. The van der Waals surface area contributed by atoms with Crippen molar-refractivity contribution < 1.29 is 20.4 Å². The van der Waals surface area contributed by atoms with Crippen molar-refractivity contribution in [2.24, 2.45) is 0 Å². The third kappa shape index (κ3) is 6.33. The number of phenols is 4. The summed E-state index contributed by atoms with van der Waals surface area (Å²) in [5.41, 5.74) is 4.15. The molecule has 2 aromatic carbocycles. The van der Waals surface area contributed by atoms with Crippen molar-refractivity contribution in [3.8, 4) is 23.0 Å². The van der Waals surface area contributed by atoms with Crippen LogP contribution in [0.25, 0.3) is 0 Å². The maximum atomic E-state index is 11.4. The fourth-order valence-electron chi connectivity index (χ4n) is 7.72. The number of nitrogens with zero attached hydrogens (tertiary/aromatic N) is 2. The van der Waals surface area contributed by atoms with Gasteiger partial charge in [-0.3, -0.25) is 9.80 Å². The lowest BCUT2D eigenvalue weighted by atomic mass is 9.70. The van der Waals surface area contributed by atoms with Gasteiger partial charge in [0.2, 0.25) is 0 Å². The molecule has 4 rings (SSSR count). The number of aromatic hydroxyl groups is 4. The highest BCUT2D eigenvalue weighted by molar-refractivity contribution is 5.70. The molecule has 0 aromatic heterocycles. The topological polar surface area (TPSA) is 87.4 Å². The second-order valence-electron chi connectivity index (χ2n) is 13.7. The van der Waals surface area contributed by atoms with Gasteiger partial charge in [-0.05, 0) is 58.1 Å². The van der Waals surface area contributed by atoms with Gasteiger partial charge in [0, 0.05) is 55.8 Å². The van der Waals surface area contributed by atoms with Crippen LogP contribution in [0.15, 0.2) is 62.8 Å². The zero-order valence-electron chi connectivity index (χ0n) is 27.8. The molecular weight excluding hydrogens is 548 g/mol. The Labute approximate surface area is 265 Å². The third-order valence-corrected chi connectivity index (χ3v) is 8.98. The smallest absolute Gasteiger partial charge is 0.162 e. The standard InChI is InChI=1S/C35H46N2O4.C3H8/c1-9-13-36(14-10-2)19-23-29-25(17-27(38)31(23)40)33(5,6)21-35(29)22-34(7,8)26-18-28(39)32(41)24(30(26)35)20-37(15-11-3)16-12-4;1-3-2/h9-12,17-18,38-41H,1-4,13-16,19-22H2,5-8H3;3H2,1-2H3. The second kappa shape index (κ2) is 13.7. The van der Waals surface area contributed by atoms with Crippen LogP contribution in [0.3, 0.4) is 0 Å². The molecule has 1 spiro atoms. The molecule has 0 bridgehead atoms. The maximum absolute atomic E-state index is 11.4. The minimum atomic E-state index is -0.569. The lowest BCUT2D eigenvalue weighted by Crippen LogP contribution is -2.31. The highest BCUT2D eigenvalue weighted by atomic mass is 16.3. The first kappa shape index (κ1) is 35.0. The van der Waals surface area contributed by atoms with Gasteiger partial charge in [-0.1, -0.05) is 72.3 Å². The SMILES string of the molecule is C=CCN(CC=C)Cc1c(O)c(O)cc2c1C1(CC2(C)C)CC(C)(C)c2cc(O)c(O)c(CN(CC=C)CC=C)c21.CCC. The van der Waals surface area contributed by atoms with Crippen LogP contribution in [0.2, 0.25) is 0 Å². The Hall–Kier alpha value is -3.48. The zero-order chi connectivity index (χ0) is 33.0. The van der Waals surface area contributed by atoms with Crippen LogP contribution in [0.1, 0.15) is 94.2 Å². The largest absolute Gasteiger partial charge is 0.504 e. The van der Waals surface area contributed by atoms with E-state index in [1.165, 1.54) is 6.42 Å². The number of rotatable bonds is 12. The lowest BCUT2D eigenvalue weighted by molar-refractivity contribution is 0.303. The molecule has 4 N–H and O–H groups in total. The molecule has 6 nitrogen and oxygen atoms in total. The molecule has 240 valence electrons. The number of benzene rings is 2. The number of fused-ring (bicyclic) bond motifs is 4. The molecular formula is C38H54N2O4. The van der Waals surface area contributed by atoms with E-state index >= 15 is 0 Å². The van der Waals surface area contributed by atoms with Gasteiger partial charge in [0.1, 0.15) is 0 Å². The Morgan fingerprint density at radius 1 is 0.636 bits per heavy atom. The van der Waals surface area contributed by atoms with Crippen molar-refractivity contribution in [3.05, 3.63) is 96.1 Å². The van der Waals surface area contributed by atoms with E-state index in [4.69, 9.17) is 0 Å². The number of hydrogen-bond donors (Lipinski definition) is 4. The molecule has 0 fully saturated rings. The van der Waals surface area contributed by atoms with Gasteiger partial charge in [-0.25, -0.2) is 0 Å². The molecule has 2 aliphatic rings. The Morgan fingerprint density at radius 3 is 1.20 bits per heavy atom. The quantitative estimate of drug-likeness (QED) is 0.146. The van der Waals surface area contributed by atoms with E-state index in [1.807, 2.05) is 24.3 Å². The van der Waals surface area contributed by atoms with E-state index in [2.05, 4.69) is 77.7 Å². The highest BCUT2D eigenvalue weighted by Crippen LogP contribution is 2.66. The minimum absolute atomic E-state index is 0.116. The molecule has 0 aliphatic heterocycles. The maximum Gasteiger partial charge on any atom is 0.162 e. The summed E-state index contributed by atoms with van der Waals surface area (Å²) in [6, 6.07) is 3.45. The van der Waals surface area contributed by atoms with Crippen LogP contribution in [0.5, 0.6) is 23.0 Å². The van der Waals surface area contributed by atoms with E-state index in [0.29, 0.717) is 50.4 Å². The van der Waals surface area contributed by atoms with Crippen molar-refractivity contribution >= 4 is 0 Å². The Morgan fingerprint density at radius 2 is 0.932 bits per heavy atom. The first-order valence-electron chi connectivity index (χ1n) is 15.7. The van der Waals surface area contributed by atoms with E-state index in [0.717, 1.165) is 35.1 Å². The summed E-state index contributed by atoms with van der Waals surface area (Å²) in [5, 5.41) is 44.8. The molecule has 0 amide bonds. The predicted molar refractivity (Wildman–Crippen MR) is 183 cm³/mol. The molecule has 2 aliphatic carbocycles. The van der Waals surface area contributed by atoms with Crippen molar-refractivity contribution in [2.75, 3.05) is 26.2 Å². The van der Waals surface area contributed by atoms with Gasteiger partial charge < -0.3 is 20.4 Å². The van der Waals surface area contributed by atoms with Gasteiger partial charge in [0.15, 0.2) is 23.0 Å². The summed E-state index contributed by atoms with van der Waals surface area (Å²) in [6.07, 6.45) is 10.00. The Kier molecular flexibility index (Phi) is 10.9. The summed E-state index contributed by atoms with van der Waals surface area (Å²) in [4.78, 5) is 4.25. The van der Waals surface area contributed by atoms with E-state index in [9.17, 15) is 20.4 Å². The first-order valence-corrected chi connectivity index (χ1v) is 15.7. The molecule has 2 aromatic rings. The minimum Gasteiger partial charge on any atom is -0.504 e. The Bertz CT molecular complexity index is 1280. The predicted octanol–water partition coefficient (Wildman–Crippen LogP) is 7.92. The van der Waals surface area contributed by atoms with Crippen LogP contribution in [-0.2, 0) is 29.3 Å². The molecule has 44 heavy (non-hydrogen) atoms. The third-order valence-electron chi connectivity index (χ3n) is 8.98. The molecule has 0 saturated carbocycles. The van der Waals surface area contributed by atoms with E-state index < -0.39 is 5.41 Å². The average Bonchev–Trinajstić information content (AvgIpc) is 3.28. The molecule has 0 radical (unpaired) electrons. The van der Waals surface area contributed by atoms with Gasteiger partial charge in [0.05, 0.1) is 0 Å². The summed E-state index contributed by atoms with van der Waals surface area (Å²) >= 11 is 0. The van der Waals surface area contributed by atoms with Crippen LogP contribution < -0.4 is 0 Å². The monoisotopic (exact) mass is 602 g/mol. The van der Waals surface area contributed by atoms with Crippen LogP contribution >= 0.6 is 0 Å². The zero-order valence-corrected chi connectivity index (χ0v) is 27.8. The van der Waals surface area contributed by atoms with Crippen LogP contribution in [0.4, 0.5) is 0 Å². The van der Waals surface area contributed by atoms with Crippen molar-refractivity contribution in [1.29, 1.82) is 0 Å². The molecule has 0 saturated heterocycles. The van der Waals surface area contributed by atoms with Crippen molar-refractivity contribution in [2.45, 2.75) is 90.1 Å². The van der Waals surface area contributed by atoms with Gasteiger partial charge in [0.25, 0.3) is 0 Å². The Balaban J connectivity index is 0.00000169. The number of phenolic OH excluding ortho intramolecular Hbond substituents is 4. The highest BCUT2D eigenvalue weighted by Gasteiger charge is 2.59. The molecule has 0 heterocycles. The molecule has 6 heteroatoms. The lowest BCUT2D eigenvalue weighted by Gasteiger charge is -2.35. The van der Waals surface area contributed by atoms with Gasteiger partial charge in [-0.2, -0.15) is 0 Å². The molecule has 0 unspecified atom stereocenters. The molecule has 0 atom stereocenters. The van der Waals surface area contributed by atoms with E-state index in [-0.39, 0.29) is 33.8 Å². The summed E-state index contributed by atoms with van der Waals surface area (Å²) < 4.78 is 0. The summed E-state index contributed by atoms with van der Waals surface area (Å²) in [6.45, 7) is 31.8. The van der Waals surface area contributed by atoms with Crippen molar-refractivity contribution in [3.63, 3.8) is 0 Å². The van der Waals surface area contributed by atoms with Gasteiger partial charge in [-0.15, -0.1) is 26.3 Å². The van der Waals surface area contributed by atoms with E-state index in [1.54, 1.807) is 12.1 Å². The van der Waals surface area contributed by atoms with Crippen LogP contribution in [0, 0.1) is 0 Å². The van der Waals surface area contributed by atoms with Crippen molar-refractivity contribution in [1.82, 2.24) is 9.80 Å². The fraction of sp³-hybridized carbons (Fsp3) is 0.474. The van der Waals surface area contributed by atoms with Gasteiger partial charge >= 0.3 is 0 Å². The summed E-state index contributed by atoms with van der Waals surface area (Å²) in [7, 11) is 0. The first-order chi connectivity index (χ1) is 20.7. The second-order valence-corrected chi connectivity index (χ2v) is 13.7. The fourth-order valence-corrected chi connectivity index (χ4v) is 7.72.